The van der Waals surface area contributed by atoms with E-state index in [4.69, 9.17) is 23.2 Å². The van der Waals surface area contributed by atoms with Gasteiger partial charge in [-0.05, 0) is 50.1 Å². The lowest BCUT2D eigenvalue weighted by Crippen LogP contribution is -2.45. The van der Waals surface area contributed by atoms with Crippen molar-refractivity contribution < 1.29 is 9.59 Å². The zero-order valence-corrected chi connectivity index (χ0v) is 20.6. The van der Waals surface area contributed by atoms with E-state index in [1.165, 1.54) is 6.33 Å². The molecule has 1 saturated heterocycles. The molecule has 35 heavy (non-hydrogen) atoms. The summed E-state index contributed by atoms with van der Waals surface area (Å²) in [6.45, 7) is 2.46. The van der Waals surface area contributed by atoms with Crippen LogP contribution in [-0.2, 0) is 4.79 Å². The number of H-pyrrole nitrogens is 1. The highest BCUT2D eigenvalue weighted by atomic mass is 35.5. The summed E-state index contributed by atoms with van der Waals surface area (Å²) in [6.07, 6.45) is 2.82. The topological polar surface area (TPSA) is 116 Å². The second kappa shape index (κ2) is 9.31. The lowest BCUT2D eigenvalue weighted by atomic mass is 10.1. The second-order valence-electron chi connectivity index (χ2n) is 8.49. The van der Waals surface area contributed by atoms with E-state index in [2.05, 4.69) is 30.6 Å². The number of anilines is 1. The fourth-order valence-electron chi connectivity index (χ4n) is 4.44. The molecule has 0 radical (unpaired) electrons. The lowest BCUT2D eigenvalue weighted by Gasteiger charge is -2.24. The van der Waals surface area contributed by atoms with Crippen LogP contribution in [-0.4, -0.2) is 56.3 Å². The molecule has 9 nitrogen and oxygen atoms in total. The van der Waals surface area contributed by atoms with Crippen LogP contribution in [0.5, 0.6) is 0 Å². The minimum atomic E-state index is -0.499. The van der Waals surface area contributed by atoms with Gasteiger partial charge in [0.05, 0.1) is 33.2 Å². The molecule has 4 aromatic rings. The Morgan fingerprint density at radius 2 is 2.00 bits per heavy atom. The summed E-state index contributed by atoms with van der Waals surface area (Å²) in [6, 6.07) is 8.12. The number of imidazole rings is 1. The van der Waals surface area contributed by atoms with Crippen molar-refractivity contribution in [3.05, 3.63) is 58.1 Å². The van der Waals surface area contributed by atoms with Gasteiger partial charge in [0, 0.05) is 24.0 Å². The van der Waals surface area contributed by atoms with Gasteiger partial charge in [-0.1, -0.05) is 23.2 Å². The number of benzene rings is 2. The van der Waals surface area contributed by atoms with Crippen molar-refractivity contribution in [1.29, 1.82) is 0 Å². The van der Waals surface area contributed by atoms with Gasteiger partial charge in [-0.25, -0.2) is 15.0 Å². The molecule has 180 valence electrons. The minimum absolute atomic E-state index is 0.177. The van der Waals surface area contributed by atoms with Crippen molar-refractivity contribution in [1.82, 2.24) is 30.2 Å². The maximum Gasteiger partial charge on any atom is 0.256 e. The van der Waals surface area contributed by atoms with Gasteiger partial charge in [0.25, 0.3) is 5.91 Å². The monoisotopic (exact) mass is 511 g/mol. The number of halogens is 2. The van der Waals surface area contributed by atoms with Crippen LogP contribution in [0.15, 0.2) is 36.7 Å². The van der Waals surface area contributed by atoms with Crippen molar-refractivity contribution in [2.45, 2.75) is 31.8 Å². The van der Waals surface area contributed by atoms with E-state index in [9.17, 15) is 9.59 Å². The van der Waals surface area contributed by atoms with E-state index in [0.717, 1.165) is 23.3 Å². The first-order valence-electron chi connectivity index (χ1n) is 11.2. The van der Waals surface area contributed by atoms with Crippen LogP contribution in [0.4, 0.5) is 5.82 Å². The van der Waals surface area contributed by atoms with Gasteiger partial charge in [-0.15, -0.1) is 0 Å². The first-order valence-corrected chi connectivity index (χ1v) is 12.0. The third-order valence-electron chi connectivity index (χ3n) is 6.24. The Hall–Kier alpha value is -3.43. The van der Waals surface area contributed by atoms with Crippen LogP contribution < -0.4 is 10.6 Å². The average Bonchev–Trinajstić information content (AvgIpc) is 3.50. The lowest BCUT2D eigenvalue weighted by molar-refractivity contribution is -0.124. The molecule has 1 aliphatic rings. The number of hydrogen-bond acceptors (Lipinski definition) is 6. The van der Waals surface area contributed by atoms with E-state index < -0.39 is 6.04 Å². The largest absolute Gasteiger partial charge is 0.360 e. The molecule has 2 amide bonds. The molecule has 3 heterocycles. The Bertz CT molecular complexity index is 1450. The van der Waals surface area contributed by atoms with Gasteiger partial charge in [0.1, 0.15) is 24.0 Å². The molecule has 2 aromatic carbocycles. The van der Waals surface area contributed by atoms with Gasteiger partial charge >= 0.3 is 0 Å². The van der Waals surface area contributed by atoms with Crippen molar-refractivity contribution >= 4 is 62.8 Å². The van der Waals surface area contributed by atoms with Gasteiger partial charge in [-0.2, -0.15) is 0 Å². The number of aromatic nitrogens is 4. The SMILES string of the molecule is CNC(=O)[C@@H]1CCCN1C(=O)c1cc2ncnc(N[C@H](C)c3nc4cc(Cl)ccc4[nH]3)c2cc1Cl. The fraction of sp³-hybridized carbons (Fsp3) is 0.292. The number of rotatable bonds is 5. The predicted molar refractivity (Wildman–Crippen MR) is 136 cm³/mol. The van der Waals surface area contributed by atoms with Gasteiger partial charge in [-0.3, -0.25) is 9.59 Å². The summed E-state index contributed by atoms with van der Waals surface area (Å²) in [5.41, 5.74) is 2.53. The van der Waals surface area contributed by atoms with Crippen LogP contribution in [0.3, 0.4) is 0 Å². The Morgan fingerprint density at radius 1 is 1.17 bits per heavy atom. The van der Waals surface area contributed by atoms with Crippen molar-refractivity contribution in [2.75, 3.05) is 18.9 Å². The summed E-state index contributed by atoms with van der Waals surface area (Å²) in [7, 11) is 1.57. The number of likely N-dealkylation sites (N-methyl/N-ethyl adjacent to an activating group) is 1. The van der Waals surface area contributed by atoms with E-state index in [-0.39, 0.29) is 22.9 Å². The summed E-state index contributed by atoms with van der Waals surface area (Å²) in [5, 5.41) is 7.54. The Balaban J connectivity index is 1.44. The molecule has 0 bridgehead atoms. The van der Waals surface area contributed by atoms with E-state index >= 15 is 0 Å². The first-order chi connectivity index (χ1) is 16.9. The quantitative estimate of drug-likeness (QED) is 0.367. The van der Waals surface area contributed by atoms with Crippen LogP contribution >= 0.6 is 23.2 Å². The zero-order chi connectivity index (χ0) is 24.7. The van der Waals surface area contributed by atoms with Crippen molar-refractivity contribution in [2.24, 2.45) is 0 Å². The van der Waals surface area contributed by atoms with Crippen LogP contribution in [0.2, 0.25) is 10.0 Å². The average molecular weight is 512 g/mol. The number of nitrogens with zero attached hydrogens (tertiary/aromatic N) is 4. The molecule has 1 aliphatic heterocycles. The first kappa shape index (κ1) is 23.3. The standard InChI is InChI=1S/C24H23Cl2N7O2/c1-12(21-31-17-6-5-13(25)8-19(17)32-21)30-22-15-9-16(26)14(10-18(15)28-11-29-22)24(35)33-7-3-4-20(33)23(34)27-2/h5-6,8-12,20H,3-4,7H2,1-2H3,(H,27,34)(H,31,32)(H,28,29,30)/t12-,20+/m1/s1. The third kappa shape index (κ3) is 4.37. The number of hydrogen-bond donors (Lipinski definition) is 3. The molecular formula is C24H23Cl2N7O2. The van der Waals surface area contributed by atoms with E-state index in [0.29, 0.717) is 40.3 Å². The van der Waals surface area contributed by atoms with Gasteiger partial charge in [0.15, 0.2) is 0 Å². The number of nitrogens with one attached hydrogen (secondary N) is 3. The molecule has 1 fully saturated rings. The predicted octanol–water partition coefficient (Wildman–Crippen LogP) is 4.34. The summed E-state index contributed by atoms with van der Waals surface area (Å²) >= 11 is 12.6. The normalized spacial score (nSPS) is 16.6. The fourth-order valence-corrected chi connectivity index (χ4v) is 4.85. The van der Waals surface area contributed by atoms with Gasteiger partial charge < -0.3 is 20.5 Å². The molecule has 2 aromatic heterocycles. The molecular weight excluding hydrogens is 489 g/mol. The van der Waals surface area contributed by atoms with Crippen LogP contribution in [0.25, 0.3) is 21.9 Å². The Labute approximate surface area is 211 Å². The number of carbonyl (C=O) groups excluding carboxylic acids is 2. The summed E-state index contributed by atoms with van der Waals surface area (Å²) < 4.78 is 0. The number of aromatic amines is 1. The zero-order valence-electron chi connectivity index (χ0n) is 19.1. The second-order valence-corrected chi connectivity index (χ2v) is 9.34. The number of fused-ring (bicyclic) bond motifs is 2. The minimum Gasteiger partial charge on any atom is -0.360 e. The van der Waals surface area contributed by atoms with Gasteiger partial charge in [0.2, 0.25) is 5.91 Å². The third-order valence-corrected chi connectivity index (χ3v) is 6.79. The van der Waals surface area contributed by atoms with Crippen LogP contribution in [0, 0.1) is 0 Å². The number of amides is 2. The molecule has 0 saturated carbocycles. The molecule has 11 heteroatoms. The highest BCUT2D eigenvalue weighted by Crippen LogP contribution is 2.31. The highest BCUT2D eigenvalue weighted by Gasteiger charge is 2.35. The van der Waals surface area contributed by atoms with Crippen LogP contribution in [0.1, 0.15) is 42.0 Å². The molecule has 2 atom stereocenters. The van der Waals surface area contributed by atoms with E-state index in [1.54, 1.807) is 30.1 Å². The molecule has 3 N–H and O–H groups in total. The van der Waals surface area contributed by atoms with E-state index in [1.807, 2.05) is 19.1 Å². The molecule has 0 aliphatic carbocycles. The number of carbonyl (C=O) groups is 2. The van der Waals surface area contributed by atoms with Crippen molar-refractivity contribution in [3.8, 4) is 0 Å². The number of likely N-dealkylation sites (tertiary alicyclic amines) is 1. The highest BCUT2D eigenvalue weighted by molar-refractivity contribution is 6.35. The molecule has 0 spiro atoms. The molecule has 5 rings (SSSR count). The smallest absolute Gasteiger partial charge is 0.256 e. The maximum atomic E-state index is 13.3. The maximum absolute atomic E-state index is 13.3. The van der Waals surface area contributed by atoms with Crippen molar-refractivity contribution in [3.63, 3.8) is 0 Å². The summed E-state index contributed by atoms with van der Waals surface area (Å²) in [5.74, 6) is 0.821. The Morgan fingerprint density at radius 3 is 2.80 bits per heavy atom. The Kier molecular flexibility index (Phi) is 6.21. The summed E-state index contributed by atoms with van der Waals surface area (Å²) in [4.78, 5) is 43.7. The molecule has 0 unspecified atom stereocenters.